The molecule has 0 aliphatic rings. The van der Waals surface area contributed by atoms with Crippen LogP contribution in [0.5, 0.6) is 0 Å². The van der Waals surface area contributed by atoms with Crippen molar-refractivity contribution in [3.63, 3.8) is 0 Å². The lowest BCUT2D eigenvalue weighted by Gasteiger charge is -2.15. The van der Waals surface area contributed by atoms with Crippen molar-refractivity contribution in [3.05, 3.63) is 18.2 Å². The molecule has 0 radical (unpaired) electrons. The molecule has 1 unspecified atom stereocenters. The van der Waals surface area contributed by atoms with Gasteiger partial charge in [-0.05, 0) is 6.92 Å². The summed E-state index contributed by atoms with van der Waals surface area (Å²) >= 11 is 0. The molecule has 8 nitrogen and oxygen atoms in total. The SMILES string of the molecule is CC(NC(=O)N[C@@H](CO)C(=O)O)c1ncc[nH]1. The van der Waals surface area contributed by atoms with Gasteiger partial charge in [-0.15, -0.1) is 0 Å². The fourth-order valence-corrected chi connectivity index (χ4v) is 1.16. The minimum atomic E-state index is -1.32. The van der Waals surface area contributed by atoms with Crippen molar-refractivity contribution in [1.82, 2.24) is 20.6 Å². The maximum atomic E-state index is 11.4. The second-order valence-corrected chi connectivity index (χ2v) is 3.39. The van der Waals surface area contributed by atoms with Gasteiger partial charge in [0.1, 0.15) is 5.82 Å². The van der Waals surface area contributed by atoms with E-state index in [4.69, 9.17) is 10.2 Å². The first-order valence-electron chi connectivity index (χ1n) is 4.94. The summed E-state index contributed by atoms with van der Waals surface area (Å²) in [5.74, 6) is -0.746. The zero-order valence-corrected chi connectivity index (χ0v) is 9.17. The molecule has 0 fully saturated rings. The van der Waals surface area contributed by atoms with Crippen molar-refractivity contribution in [1.29, 1.82) is 0 Å². The molecule has 17 heavy (non-hydrogen) atoms. The van der Waals surface area contributed by atoms with Crippen molar-refractivity contribution in [2.24, 2.45) is 0 Å². The van der Waals surface area contributed by atoms with Crippen LogP contribution in [0, 0.1) is 0 Å². The predicted molar refractivity (Wildman–Crippen MR) is 57.2 cm³/mol. The summed E-state index contributed by atoms with van der Waals surface area (Å²) in [6, 6.07) is -2.40. The van der Waals surface area contributed by atoms with Gasteiger partial charge in [-0.2, -0.15) is 0 Å². The number of carbonyl (C=O) groups is 2. The molecule has 5 N–H and O–H groups in total. The van der Waals surface area contributed by atoms with E-state index in [2.05, 4.69) is 20.6 Å². The fraction of sp³-hybridized carbons (Fsp3) is 0.444. The smallest absolute Gasteiger partial charge is 0.328 e. The lowest BCUT2D eigenvalue weighted by Crippen LogP contribution is -2.48. The van der Waals surface area contributed by atoms with E-state index in [0.717, 1.165) is 0 Å². The lowest BCUT2D eigenvalue weighted by molar-refractivity contribution is -0.140. The fourth-order valence-electron chi connectivity index (χ4n) is 1.16. The lowest BCUT2D eigenvalue weighted by atomic mass is 10.3. The summed E-state index contributed by atoms with van der Waals surface area (Å²) in [7, 11) is 0. The Labute approximate surface area is 97.1 Å². The van der Waals surface area contributed by atoms with Crippen LogP contribution in [-0.2, 0) is 4.79 Å². The van der Waals surface area contributed by atoms with Crippen LogP contribution < -0.4 is 10.6 Å². The zero-order valence-electron chi connectivity index (χ0n) is 9.17. The number of nitrogens with zero attached hydrogens (tertiary/aromatic N) is 1. The van der Waals surface area contributed by atoms with Crippen LogP contribution >= 0.6 is 0 Å². The number of carboxylic acids is 1. The quantitative estimate of drug-likeness (QED) is 0.462. The maximum absolute atomic E-state index is 11.4. The Morgan fingerprint density at radius 1 is 1.53 bits per heavy atom. The van der Waals surface area contributed by atoms with Crippen molar-refractivity contribution >= 4 is 12.0 Å². The molecule has 1 aromatic rings. The highest BCUT2D eigenvalue weighted by atomic mass is 16.4. The Balaban J connectivity index is 2.47. The summed E-state index contributed by atoms with van der Waals surface area (Å²) in [5.41, 5.74) is 0. The number of carbonyl (C=O) groups excluding carboxylic acids is 1. The summed E-state index contributed by atoms with van der Waals surface area (Å²) in [6.07, 6.45) is 3.15. The molecular formula is C9H14N4O4. The molecule has 0 saturated heterocycles. The van der Waals surface area contributed by atoms with Crippen molar-refractivity contribution in [2.45, 2.75) is 19.0 Å². The molecule has 2 atom stereocenters. The number of urea groups is 1. The third-order valence-corrected chi connectivity index (χ3v) is 2.06. The second kappa shape index (κ2) is 5.85. The van der Waals surface area contributed by atoms with E-state index in [1.54, 1.807) is 19.3 Å². The number of hydrogen-bond donors (Lipinski definition) is 5. The summed E-state index contributed by atoms with van der Waals surface area (Å²) in [4.78, 5) is 28.7. The van der Waals surface area contributed by atoms with Gasteiger partial charge >= 0.3 is 12.0 Å². The van der Waals surface area contributed by atoms with Gasteiger partial charge < -0.3 is 25.8 Å². The summed E-state index contributed by atoms with van der Waals surface area (Å²) in [5, 5.41) is 21.9. The average Bonchev–Trinajstić information content (AvgIpc) is 2.78. The highest BCUT2D eigenvalue weighted by Gasteiger charge is 2.20. The van der Waals surface area contributed by atoms with Crippen LogP contribution in [0.2, 0.25) is 0 Å². The molecule has 8 heteroatoms. The van der Waals surface area contributed by atoms with Gasteiger partial charge in [0.15, 0.2) is 6.04 Å². The molecule has 1 heterocycles. The summed E-state index contributed by atoms with van der Waals surface area (Å²) in [6.45, 7) is 1.02. The number of rotatable bonds is 5. The summed E-state index contributed by atoms with van der Waals surface area (Å²) < 4.78 is 0. The monoisotopic (exact) mass is 242 g/mol. The highest BCUT2D eigenvalue weighted by molar-refractivity contribution is 5.82. The third kappa shape index (κ3) is 3.76. The zero-order chi connectivity index (χ0) is 12.8. The largest absolute Gasteiger partial charge is 0.480 e. The highest BCUT2D eigenvalue weighted by Crippen LogP contribution is 2.04. The van der Waals surface area contributed by atoms with Gasteiger partial charge in [0.05, 0.1) is 12.6 Å². The number of carboxylic acid groups (broad SMARTS) is 1. The maximum Gasteiger partial charge on any atom is 0.328 e. The van der Waals surface area contributed by atoms with E-state index in [1.807, 2.05) is 0 Å². The molecule has 94 valence electrons. The molecule has 0 aromatic carbocycles. The number of aliphatic hydroxyl groups excluding tert-OH is 1. The van der Waals surface area contributed by atoms with Gasteiger partial charge in [0.25, 0.3) is 0 Å². The van der Waals surface area contributed by atoms with E-state index in [-0.39, 0.29) is 0 Å². The number of H-pyrrole nitrogens is 1. The second-order valence-electron chi connectivity index (χ2n) is 3.39. The molecule has 2 amide bonds. The first kappa shape index (κ1) is 13.0. The molecular weight excluding hydrogens is 228 g/mol. The van der Waals surface area contributed by atoms with Crippen LogP contribution in [0.3, 0.4) is 0 Å². The Morgan fingerprint density at radius 2 is 2.24 bits per heavy atom. The topological polar surface area (TPSA) is 127 Å². The number of hydrogen-bond acceptors (Lipinski definition) is 4. The van der Waals surface area contributed by atoms with E-state index in [9.17, 15) is 9.59 Å². The van der Waals surface area contributed by atoms with Crippen LogP contribution in [0.4, 0.5) is 4.79 Å². The first-order valence-corrected chi connectivity index (χ1v) is 4.94. The number of aliphatic hydroxyl groups is 1. The van der Waals surface area contributed by atoms with Crippen LogP contribution in [0.25, 0.3) is 0 Å². The van der Waals surface area contributed by atoms with Gasteiger partial charge in [-0.3, -0.25) is 0 Å². The molecule has 0 aliphatic carbocycles. The molecule has 1 rings (SSSR count). The van der Waals surface area contributed by atoms with E-state index < -0.39 is 30.7 Å². The average molecular weight is 242 g/mol. The predicted octanol–water partition coefficient (Wildman–Crippen LogP) is -0.785. The number of nitrogens with one attached hydrogen (secondary N) is 3. The van der Waals surface area contributed by atoms with E-state index in [1.165, 1.54) is 0 Å². The standard InChI is InChI=1S/C9H14N4O4/c1-5(7-10-2-3-11-7)12-9(17)13-6(4-14)8(15)16/h2-3,5-6,14H,4H2,1H3,(H,10,11)(H,15,16)(H2,12,13,17)/t5?,6-/m0/s1. The van der Waals surface area contributed by atoms with Crippen molar-refractivity contribution < 1.29 is 19.8 Å². The third-order valence-electron chi connectivity index (χ3n) is 2.06. The first-order chi connectivity index (χ1) is 8.04. The minimum absolute atomic E-state index is 0.391. The molecule has 0 bridgehead atoms. The molecule has 0 spiro atoms. The number of imidazole rings is 1. The number of aromatic nitrogens is 2. The Hall–Kier alpha value is -2.09. The minimum Gasteiger partial charge on any atom is -0.480 e. The van der Waals surface area contributed by atoms with Gasteiger partial charge in [0.2, 0.25) is 0 Å². The van der Waals surface area contributed by atoms with Gasteiger partial charge in [0, 0.05) is 12.4 Å². The van der Waals surface area contributed by atoms with Crippen LogP contribution in [0.1, 0.15) is 18.8 Å². The van der Waals surface area contributed by atoms with Crippen LogP contribution in [0.15, 0.2) is 12.4 Å². The number of aromatic amines is 1. The molecule has 0 aliphatic heterocycles. The number of aliphatic carboxylic acids is 1. The van der Waals surface area contributed by atoms with E-state index >= 15 is 0 Å². The van der Waals surface area contributed by atoms with E-state index in [0.29, 0.717) is 5.82 Å². The Kier molecular flexibility index (Phi) is 4.46. The van der Waals surface area contributed by atoms with Gasteiger partial charge in [-0.1, -0.05) is 0 Å². The van der Waals surface area contributed by atoms with Gasteiger partial charge in [-0.25, -0.2) is 14.6 Å². The molecule has 0 saturated carbocycles. The van der Waals surface area contributed by atoms with Crippen molar-refractivity contribution in [2.75, 3.05) is 6.61 Å². The number of amides is 2. The van der Waals surface area contributed by atoms with Crippen LogP contribution in [-0.4, -0.2) is 44.8 Å². The Bertz CT molecular complexity index is 378. The Morgan fingerprint density at radius 3 is 2.71 bits per heavy atom. The van der Waals surface area contributed by atoms with Crippen molar-refractivity contribution in [3.8, 4) is 0 Å². The molecule has 1 aromatic heterocycles. The normalized spacial score (nSPS) is 13.8.